The second kappa shape index (κ2) is 5.84. The first-order valence-electron chi connectivity index (χ1n) is 7.00. The van der Waals surface area contributed by atoms with E-state index in [-0.39, 0.29) is 5.75 Å². The molecule has 0 bridgehead atoms. The molecule has 0 radical (unpaired) electrons. The molecule has 3 rings (SSSR count). The van der Waals surface area contributed by atoms with Crippen LogP contribution in [0.2, 0.25) is 0 Å². The normalized spacial score (nSPS) is 14.8. The van der Waals surface area contributed by atoms with Crippen LogP contribution >= 0.6 is 0 Å². The molecule has 1 aromatic carbocycles. The van der Waals surface area contributed by atoms with Crippen LogP contribution < -0.4 is 4.72 Å². The molecule has 0 atom stereocenters. The van der Waals surface area contributed by atoms with E-state index in [1.165, 1.54) is 0 Å². The number of hydrogen-bond acceptors (Lipinski definition) is 5. The van der Waals surface area contributed by atoms with E-state index in [0.717, 1.165) is 5.39 Å². The summed E-state index contributed by atoms with van der Waals surface area (Å²) in [5, 5.41) is 0.909. The Morgan fingerprint density at radius 3 is 2.82 bits per heavy atom. The standard InChI is InChI=1S/C15H18N4O2S/c1-18-8-9-19(12-18)10-11-22(20,21)17-14-6-2-4-13-5-3-7-16-15(13)14/h2-9,17H,10-12H2,1H3. The zero-order valence-electron chi connectivity index (χ0n) is 12.3. The number of nitrogens with zero attached hydrogens (tertiary/aromatic N) is 3. The van der Waals surface area contributed by atoms with Crippen LogP contribution in [0.1, 0.15) is 0 Å². The molecule has 0 unspecified atom stereocenters. The van der Waals surface area contributed by atoms with Crippen molar-refractivity contribution in [3.05, 3.63) is 48.9 Å². The third kappa shape index (κ3) is 3.30. The molecule has 22 heavy (non-hydrogen) atoms. The van der Waals surface area contributed by atoms with E-state index < -0.39 is 10.0 Å². The van der Waals surface area contributed by atoms with Crippen LogP contribution in [0.4, 0.5) is 5.69 Å². The van der Waals surface area contributed by atoms with Crippen molar-refractivity contribution in [2.75, 3.05) is 30.7 Å². The van der Waals surface area contributed by atoms with Gasteiger partial charge in [0.15, 0.2) is 0 Å². The maximum atomic E-state index is 12.3. The Bertz CT molecular complexity index is 799. The number of para-hydroxylation sites is 1. The number of aromatic nitrogens is 1. The van der Waals surface area contributed by atoms with Crippen LogP contribution in [0.15, 0.2) is 48.9 Å². The van der Waals surface area contributed by atoms with Crippen molar-refractivity contribution in [2.45, 2.75) is 0 Å². The quantitative estimate of drug-likeness (QED) is 0.908. The van der Waals surface area contributed by atoms with Gasteiger partial charge in [0.1, 0.15) is 0 Å². The molecule has 0 saturated heterocycles. The van der Waals surface area contributed by atoms with E-state index in [1.807, 2.05) is 53.5 Å². The number of hydrogen-bond donors (Lipinski definition) is 1. The first-order valence-corrected chi connectivity index (χ1v) is 8.66. The predicted molar refractivity (Wildman–Crippen MR) is 87.6 cm³/mol. The SMILES string of the molecule is CN1C=CN(CCS(=O)(=O)Nc2cccc3cccnc23)C1. The number of nitrogens with one attached hydrogen (secondary N) is 1. The number of anilines is 1. The second-order valence-electron chi connectivity index (χ2n) is 5.31. The van der Waals surface area contributed by atoms with Crippen LogP contribution in [0.5, 0.6) is 0 Å². The zero-order chi connectivity index (χ0) is 15.6. The molecule has 2 heterocycles. The van der Waals surface area contributed by atoms with Gasteiger partial charge in [-0.2, -0.15) is 0 Å². The first-order chi connectivity index (χ1) is 10.5. The van der Waals surface area contributed by atoms with Crippen molar-refractivity contribution in [3.63, 3.8) is 0 Å². The van der Waals surface area contributed by atoms with Gasteiger partial charge in [0.2, 0.25) is 10.0 Å². The van der Waals surface area contributed by atoms with Gasteiger partial charge in [-0.25, -0.2) is 8.42 Å². The minimum absolute atomic E-state index is 0.0361. The van der Waals surface area contributed by atoms with Gasteiger partial charge in [-0.3, -0.25) is 9.71 Å². The number of sulfonamides is 1. The summed E-state index contributed by atoms with van der Waals surface area (Å²) in [7, 11) is -1.47. The van der Waals surface area contributed by atoms with Crippen LogP contribution in [0.3, 0.4) is 0 Å². The van der Waals surface area contributed by atoms with E-state index in [1.54, 1.807) is 12.3 Å². The molecule has 1 aromatic heterocycles. The Balaban J connectivity index is 1.72. The fourth-order valence-electron chi connectivity index (χ4n) is 2.38. The molecule has 6 nitrogen and oxygen atoms in total. The summed E-state index contributed by atoms with van der Waals surface area (Å²) >= 11 is 0. The largest absolute Gasteiger partial charge is 0.362 e. The summed E-state index contributed by atoms with van der Waals surface area (Å²) in [4.78, 5) is 8.21. The second-order valence-corrected chi connectivity index (χ2v) is 7.15. The number of fused-ring (bicyclic) bond motifs is 1. The molecule has 0 saturated carbocycles. The minimum Gasteiger partial charge on any atom is -0.362 e. The maximum absolute atomic E-state index is 12.3. The van der Waals surface area contributed by atoms with Gasteiger partial charge < -0.3 is 9.80 Å². The molecule has 0 fully saturated rings. The fraction of sp³-hybridized carbons (Fsp3) is 0.267. The third-order valence-electron chi connectivity index (χ3n) is 3.48. The van der Waals surface area contributed by atoms with Crippen LogP contribution in [0, 0.1) is 0 Å². The Hall–Kier alpha value is -2.28. The smallest absolute Gasteiger partial charge is 0.234 e. The lowest BCUT2D eigenvalue weighted by Crippen LogP contribution is -2.29. The molecule has 1 aliphatic rings. The molecule has 0 aliphatic carbocycles. The highest BCUT2D eigenvalue weighted by Gasteiger charge is 2.16. The highest BCUT2D eigenvalue weighted by Crippen LogP contribution is 2.21. The number of rotatable bonds is 5. The Labute approximate surface area is 130 Å². The summed E-state index contributed by atoms with van der Waals surface area (Å²) in [6, 6.07) is 9.20. The third-order valence-corrected chi connectivity index (χ3v) is 4.73. The molecular formula is C15H18N4O2S. The van der Waals surface area contributed by atoms with Gasteiger partial charge in [0.05, 0.1) is 23.6 Å². The van der Waals surface area contributed by atoms with Gasteiger partial charge in [-0.05, 0) is 12.1 Å². The zero-order valence-corrected chi connectivity index (χ0v) is 13.1. The minimum atomic E-state index is -3.42. The topological polar surface area (TPSA) is 65.5 Å². The lowest BCUT2D eigenvalue weighted by molar-refractivity contribution is 0.308. The molecular weight excluding hydrogens is 300 g/mol. The van der Waals surface area contributed by atoms with Crippen molar-refractivity contribution in [1.29, 1.82) is 0 Å². The Kier molecular flexibility index (Phi) is 3.89. The average molecular weight is 318 g/mol. The summed E-state index contributed by atoms with van der Waals surface area (Å²) in [5.74, 6) is 0.0361. The molecule has 2 aromatic rings. The highest BCUT2D eigenvalue weighted by molar-refractivity contribution is 7.92. The van der Waals surface area contributed by atoms with E-state index in [4.69, 9.17) is 0 Å². The highest BCUT2D eigenvalue weighted by atomic mass is 32.2. The maximum Gasteiger partial charge on any atom is 0.234 e. The number of pyridine rings is 1. The summed E-state index contributed by atoms with van der Waals surface area (Å²) < 4.78 is 27.2. The van der Waals surface area contributed by atoms with Gasteiger partial charge in [-0.15, -0.1) is 0 Å². The number of benzene rings is 1. The van der Waals surface area contributed by atoms with Crippen LogP contribution in [0.25, 0.3) is 10.9 Å². The Morgan fingerprint density at radius 2 is 2.05 bits per heavy atom. The molecule has 7 heteroatoms. The van der Waals surface area contributed by atoms with Crippen molar-refractivity contribution in [3.8, 4) is 0 Å². The van der Waals surface area contributed by atoms with Crippen molar-refractivity contribution < 1.29 is 8.42 Å². The Morgan fingerprint density at radius 1 is 1.23 bits per heavy atom. The molecule has 1 aliphatic heterocycles. The summed E-state index contributed by atoms with van der Waals surface area (Å²) in [6.45, 7) is 1.17. The van der Waals surface area contributed by atoms with Gasteiger partial charge in [-0.1, -0.05) is 18.2 Å². The van der Waals surface area contributed by atoms with Gasteiger partial charge >= 0.3 is 0 Å². The summed E-state index contributed by atoms with van der Waals surface area (Å²) in [6.07, 6.45) is 5.48. The lowest BCUT2D eigenvalue weighted by Gasteiger charge is -2.18. The van der Waals surface area contributed by atoms with Gasteiger partial charge in [0.25, 0.3) is 0 Å². The first kappa shape index (κ1) is 14.6. The fourth-order valence-corrected chi connectivity index (χ4v) is 3.45. The van der Waals surface area contributed by atoms with E-state index in [2.05, 4.69) is 9.71 Å². The molecule has 1 N–H and O–H groups in total. The van der Waals surface area contributed by atoms with Crippen molar-refractivity contribution >= 4 is 26.6 Å². The van der Waals surface area contributed by atoms with Crippen LogP contribution in [-0.2, 0) is 10.0 Å². The monoisotopic (exact) mass is 318 g/mol. The van der Waals surface area contributed by atoms with Crippen LogP contribution in [-0.4, -0.2) is 49.2 Å². The molecule has 116 valence electrons. The van der Waals surface area contributed by atoms with E-state index in [0.29, 0.717) is 24.4 Å². The van der Waals surface area contributed by atoms with Gasteiger partial charge in [0, 0.05) is 37.6 Å². The lowest BCUT2D eigenvalue weighted by atomic mass is 10.2. The molecule has 0 spiro atoms. The molecule has 0 amide bonds. The van der Waals surface area contributed by atoms with E-state index >= 15 is 0 Å². The van der Waals surface area contributed by atoms with Crippen molar-refractivity contribution in [2.24, 2.45) is 0 Å². The van der Waals surface area contributed by atoms with Crippen molar-refractivity contribution in [1.82, 2.24) is 14.8 Å². The predicted octanol–water partition coefficient (Wildman–Crippen LogP) is 1.65. The average Bonchev–Trinajstić information content (AvgIpc) is 2.91. The summed E-state index contributed by atoms with van der Waals surface area (Å²) in [5.41, 5.74) is 1.18. The van der Waals surface area contributed by atoms with E-state index in [9.17, 15) is 8.42 Å².